The van der Waals surface area contributed by atoms with Gasteiger partial charge in [-0.05, 0) is 49.7 Å². The van der Waals surface area contributed by atoms with Gasteiger partial charge in [-0.2, -0.15) is 0 Å². The zero-order chi connectivity index (χ0) is 23.1. The van der Waals surface area contributed by atoms with Crippen LogP contribution in [0.1, 0.15) is 29.9 Å². The van der Waals surface area contributed by atoms with E-state index in [0.29, 0.717) is 48.4 Å². The average molecular weight is 457 g/mol. The number of carbonyl (C=O) groups is 1. The van der Waals surface area contributed by atoms with Crippen LogP contribution < -0.4 is 18.9 Å². The largest absolute Gasteiger partial charge is 0.493 e. The lowest BCUT2D eigenvalue weighted by atomic mass is 10.1. The second kappa shape index (κ2) is 10.9. The van der Waals surface area contributed by atoms with Gasteiger partial charge in [0.05, 0.1) is 27.9 Å². The van der Waals surface area contributed by atoms with E-state index in [1.165, 1.54) is 11.3 Å². The number of benzene rings is 2. The lowest BCUT2D eigenvalue weighted by Crippen LogP contribution is -2.30. The van der Waals surface area contributed by atoms with E-state index in [1.807, 2.05) is 50.2 Å². The van der Waals surface area contributed by atoms with E-state index in [2.05, 4.69) is 4.98 Å². The van der Waals surface area contributed by atoms with Crippen LogP contribution in [0.3, 0.4) is 0 Å². The summed E-state index contributed by atoms with van der Waals surface area (Å²) in [5.74, 6) is 2.48. The van der Waals surface area contributed by atoms with Gasteiger partial charge in [-0.1, -0.05) is 6.07 Å². The Bertz CT molecular complexity index is 1070. The number of hydrogen-bond acceptors (Lipinski definition) is 7. The van der Waals surface area contributed by atoms with Crippen molar-refractivity contribution in [3.63, 3.8) is 0 Å². The fraction of sp³-hybridized carbons (Fsp3) is 0.333. The van der Waals surface area contributed by atoms with E-state index in [-0.39, 0.29) is 5.91 Å². The van der Waals surface area contributed by atoms with Crippen molar-refractivity contribution < 1.29 is 23.7 Å². The maximum Gasteiger partial charge on any atom is 0.273 e. The molecule has 0 radical (unpaired) electrons. The predicted octanol–water partition coefficient (Wildman–Crippen LogP) is 4.90. The van der Waals surface area contributed by atoms with Crippen LogP contribution in [-0.2, 0) is 6.54 Å². The highest BCUT2D eigenvalue weighted by molar-refractivity contribution is 7.13. The number of thiazole rings is 1. The third-order valence-corrected chi connectivity index (χ3v) is 5.82. The van der Waals surface area contributed by atoms with E-state index < -0.39 is 0 Å². The number of aromatic nitrogens is 1. The summed E-state index contributed by atoms with van der Waals surface area (Å²) >= 11 is 1.42. The van der Waals surface area contributed by atoms with Gasteiger partial charge in [0.2, 0.25) is 0 Å². The van der Waals surface area contributed by atoms with Gasteiger partial charge < -0.3 is 23.8 Å². The summed E-state index contributed by atoms with van der Waals surface area (Å²) < 4.78 is 21.7. The fourth-order valence-electron chi connectivity index (χ4n) is 3.27. The highest BCUT2D eigenvalue weighted by atomic mass is 32.1. The number of rotatable bonds is 10. The van der Waals surface area contributed by atoms with E-state index in [4.69, 9.17) is 18.9 Å². The average Bonchev–Trinajstić information content (AvgIpc) is 3.32. The van der Waals surface area contributed by atoms with Gasteiger partial charge in [-0.15, -0.1) is 11.3 Å². The zero-order valence-electron chi connectivity index (χ0n) is 19.0. The highest BCUT2D eigenvalue weighted by Crippen LogP contribution is 2.34. The van der Waals surface area contributed by atoms with Crippen molar-refractivity contribution in [2.75, 3.05) is 34.5 Å². The molecule has 1 heterocycles. The first-order valence-corrected chi connectivity index (χ1v) is 11.2. The highest BCUT2D eigenvalue weighted by Gasteiger charge is 2.19. The number of amides is 1. The molecule has 7 nitrogen and oxygen atoms in total. The molecule has 0 saturated heterocycles. The number of nitrogens with zero attached hydrogens (tertiary/aromatic N) is 2. The number of methoxy groups -OCH3 is 3. The molecule has 3 rings (SSSR count). The van der Waals surface area contributed by atoms with Gasteiger partial charge in [0.15, 0.2) is 23.0 Å². The molecule has 3 aromatic rings. The summed E-state index contributed by atoms with van der Waals surface area (Å²) in [6.07, 6.45) is 0. The summed E-state index contributed by atoms with van der Waals surface area (Å²) in [6.45, 7) is 5.43. The van der Waals surface area contributed by atoms with Crippen LogP contribution in [-0.4, -0.2) is 50.3 Å². The molecule has 0 spiro atoms. The van der Waals surface area contributed by atoms with Crippen molar-refractivity contribution in [2.24, 2.45) is 0 Å². The molecule has 1 aromatic heterocycles. The standard InChI is InChI=1S/C24H28N2O5S/c1-6-26(14-16-8-10-20(31-7-2)21(12-16)29-4)24(27)18-15-32-23(25-18)17-9-11-19(28-3)22(13-17)30-5/h8-13,15H,6-7,14H2,1-5H3. The Kier molecular flexibility index (Phi) is 7.94. The third-order valence-electron chi connectivity index (χ3n) is 4.92. The quantitative estimate of drug-likeness (QED) is 0.432. The molecule has 0 bridgehead atoms. The minimum Gasteiger partial charge on any atom is -0.493 e. The summed E-state index contributed by atoms with van der Waals surface area (Å²) in [5, 5.41) is 2.53. The van der Waals surface area contributed by atoms with Crippen LogP contribution in [0.5, 0.6) is 23.0 Å². The molecule has 0 aliphatic heterocycles. The Morgan fingerprint density at radius 1 is 0.938 bits per heavy atom. The van der Waals surface area contributed by atoms with Gasteiger partial charge in [0, 0.05) is 24.0 Å². The third kappa shape index (κ3) is 5.13. The van der Waals surface area contributed by atoms with Crippen molar-refractivity contribution in [3.05, 3.63) is 53.0 Å². The molecule has 170 valence electrons. The molecule has 0 N–H and O–H groups in total. The number of carbonyl (C=O) groups excluding carboxylic acids is 1. The first kappa shape index (κ1) is 23.4. The molecule has 8 heteroatoms. The minimum absolute atomic E-state index is 0.122. The van der Waals surface area contributed by atoms with Crippen LogP contribution in [0, 0.1) is 0 Å². The fourth-order valence-corrected chi connectivity index (χ4v) is 4.06. The number of hydrogen-bond donors (Lipinski definition) is 0. The SMILES string of the molecule is CCOc1ccc(CN(CC)C(=O)c2csc(-c3ccc(OC)c(OC)c3)n2)cc1OC. The molecule has 0 unspecified atom stereocenters. The molecule has 0 saturated carbocycles. The van der Waals surface area contributed by atoms with Crippen LogP contribution >= 0.6 is 11.3 Å². The van der Waals surface area contributed by atoms with Crippen LogP contribution in [0.25, 0.3) is 10.6 Å². The van der Waals surface area contributed by atoms with Crippen molar-refractivity contribution >= 4 is 17.2 Å². The van der Waals surface area contributed by atoms with Crippen molar-refractivity contribution in [3.8, 4) is 33.6 Å². The Labute approximate surface area is 192 Å². The molecular weight excluding hydrogens is 428 g/mol. The molecule has 0 fully saturated rings. The van der Waals surface area contributed by atoms with Gasteiger partial charge in [-0.25, -0.2) is 4.98 Å². The Morgan fingerprint density at radius 2 is 1.62 bits per heavy atom. The summed E-state index contributed by atoms with van der Waals surface area (Å²) in [7, 11) is 4.79. The van der Waals surface area contributed by atoms with Crippen LogP contribution in [0.2, 0.25) is 0 Å². The lowest BCUT2D eigenvalue weighted by molar-refractivity contribution is 0.0747. The van der Waals surface area contributed by atoms with Crippen LogP contribution in [0.4, 0.5) is 0 Å². The Balaban J connectivity index is 1.79. The topological polar surface area (TPSA) is 70.1 Å². The molecular formula is C24H28N2O5S. The molecule has 0 aliphatic rings. The zero-order valence-corrected chi connectivity index (χ0v) is 19.8. The van der Waals surface area contributed by atoms with Crippen molar-refractivity contribution in [1.82, 2.24) is 9.88 Å². The van der Waals surface area contributed by atoms with Crippen molar-refractivity contribution in [2.45, 2.75) is 20.4 Å². The lowest BCUT2D eigenvalue weighted by Gasteiger charge is -2.21. The Hall–Kier alpha value is -3.26. The van der Waals surface area contributed by atoms with Gasteiger partial charge in [-0.3, -0.25) is 4.79 Å². The smallest absolute Gasteiger partial charge is 0.273 e. The van der Waals surface area contributed by atoms with Gasteiger partial charge in [0.25, 0.3) is 5.91 Å². The van der Waals surface area contributed by atoms with E-state index in [1.54, 1.807) is 31.6 Å². The van der Waals surface area contributed by atoms with Crippen LogP contribution in [0.15, 0.2) is 41.8 Å². The second-order valence-electron chi connectivity index (χ2n) is 6.85. The molecule has 0 atom stereocenters. The van der Waals surface area contributed by atoms with E-state index in [0.717, 1.165) is 16.1 Å². The Morgan fingerprint density at radius 3 is 2.28 bits per heavy atom. The molecule has 1 amide bonds. The minimum atomic E-state index is -0.122. The summed E-state index contributed by atoms with van der Waals surface area (Å²) in [4.78, 5) is 19.5. The maximum absolute atomic E-state index is 13.1. The van der Waals surface area contributed by atoms with Gasteiger partial charge >= 0.3 is 0 Å². The molecule has 0 aliphatic carbocycles. The van der Waals surface area contributed by atoms with E-state index in [9.17, 15) is 4.79 Å². The normalized spacial score (nSPS) is 10.5. The number of ether oxygens (including phenoxy) is 4. The summed E-state index contributed by atoms with van der Waals surface area (Å²) in [5.41, 5.74) is 2.24. The monoisotopic (exact) mass is 456 g/mol. The predicted molar refractivity (Wildman–Crippen MR) is 125 cm³/mol. The van der Waals surface area contributed by atoms with Gasteiger partial charge in [0.1, 0.15) is 10.7 Å². The maximum atomic E-state index is 13.1. The molecule has 2 aromatic carbocycles. The first-order valence-electron chi connectivity index (χ1n) is 10.3. The first-order chi connectivity index (χ1) is 15.5. The molecule has 32 heavy (non-hydrogen) atoms. The van der Waals surface area contributed by atoms with E-state index >= 15 is 0 Å². The van der Waals surface area contributed by atoms with Crippen molar-refractivity contribution in [1.29, 1.82) is 0 Å². The summed E-state index contributed by atoms with van der Waals surface area (Å²) in [6, 6.07) is 11.3. The second-order valence-corrected chi connectivity index (χ2v) is 7.70.